The average Bonchev–Trinajstić information content (AvgIpc) is 3.27. The Hall–Kier alpha value is -1.52. The zero-order chi connectivity index (χ0) is 19.9. The molecule has 0 aliphatic carbocycles. The number of fused-ring (bicyclic) bond motifs is 1. The molecule has 1 aromatic carbocycles. The Labute approximate surface area is 200 Å². The number of hydrogen-bond donors (Lipinski definition) is 2. The lowest BCUT2D eigenvalue weighted by Crippen LogP contribution is -2.47. The maximum atomic E-state index is 6.01. The SMILES string of the molecule is CN=C(NCC1CCCN(Cc2cccs2)C1)NCC1COc2ccccc2O1.I. The van der Waals surface area contributed by atoms with E-state index in [1.165, 1.54) is 24.3 Å². The van der Waals surface area contributed by atoms with E-state index >= 15 is 0 Å². The van der Waals surface area contributed by atoms with Gasteiger partial charge in [0.2, 0.25) is 0 Å². The van der Waals surface area contributed by atoms with Gasteiger partial charge < -0.3 is 20.1 Å². The van der Waals surface area contributed by atoms with E-state index in [9.17, 15) is 0 Å². The fourth-order valence-corrected chi connectivity index (χ4v) is 4.67. The van der Waals surface area contributed by atoms with E-state index in [4.69, 9.17) is 9.47 Å². The number of ether oxygens (including phenoxy) is 2. The van der Waals surface area contributed by atoms with Gasteiger partial charge in [0.05, 0.1) is 6.54 Å². The lowest BCUT2D eigenvalue weighted by Gasteiger charge is -2.33. The van der Waals surface area contributed by atoms with Crippen LogP contribution in [-0.4, -0.2) is 56.8 Å². The molecule has 2 unspecified atom stereocenters. The Balaban J connectivity index is 0.00000256. The number of thiophene rings is 1. The highest BCUT2D eigenvalue weighted by Gasteiger charge is 2.22. The van der Waals surface area contributed by atoms with Crippen molar-refractivity contribution in [3.63, 3.8) is 0 Å². The van der Waals surface area contributed by atoms with E-state index in [2.05, 4.69) is 38.0 Å². The van der Waals surface area contributed by atoms with E-state index in [-0.39, 0.29) is 30.1 Å². The molecule has 1 fully saturated rings. The Bertz CT molecular complexity index is 802. The van der Waals surface area contributed by atoms with E-state index in [0.717, 1.165) is 37.1 Å². The maximum Gasteiger partial charge on any atom is 0.191 e. The second kappa shape index (κ2) is 11.8. The molecule has 4 rings (SSSR count). The van der Waals surface area contributed by atoms with Crippen molar-refractivity contribution in [2.45, 2.75) is 25.5 Å². The largest absolute Gasteiger partial charge is 0.486 e. The quantitative estimate of drug-likeness (QED) is 0.332. The Kier molecular flexibility index (Phi) is 9.07. The molecule has 2 aliphatic heterocycles. The fraction of sp³-hybridized carbons (Fsp3) is 0.500. The third kappa shape index (κ3) is 6.49. The standard InChI is InChI=1S/C22H30N4O2S.HI/c1-23-22(25-13-18-16-27-20-8-2-3-9-21(20)28-18)24-12-17-6-4-10-26(14-17)15-19-7-5-11-29-19;/h2-3,5,7-9,11,17-18H,4,6,10,12-16H2,1H3,(H2,23,24,25);1H. The summed E-state index contributed by atoms with van der Waals surface area (Å²) in [5.74, 6) is 3.09. The van der Waals surface area contributed by atoms with Crippen LogP contribution in [0.3, 0.4) is 0 Å². The summed E-state index contributed by atoms with van der Waals surface area (Å²) in [6.45, 7) is 5.54. The van der Waals surface area contributed by atoms with Gasteiger partial charge in [-0.25, -0.2) is 0 Å². The van der Waals surface area contributed by atoms with Crippen molar-refractivity contribution < 1.29 is 9.47 Å². The van der Waals surface area contributed by atoms with Gasteiger partial charge in [-0.05, 0) is 48.9 Å². The van der Waals surface area contributed by atoms with Crippen LogP contribution in [-0.2, 0) is 6.54 Å². The topological polar surface area (TPSA) is 58.1 Å². The van der Waals surface area contributed by atoms with Gasteiger partial charge in [-0.2, -0.15) is 0 Å². The number of halogens is 1. The van der Waals surface area contributed by atoms with Crippen LogP contribution in [0.25, 0.3) is 0 Å². The first kappa shape index (κ1) is 23.1. The minimum Gasteiger partial charge on any atom is -0.486 e. The van der Waals surface area contributed by atoms with E-state index in [1.807, 2.05) is 42.6 Å². The molecular formula is C22H31IN4O2S. The van der Waals surface area contributed by atoms with Gasteiger partial charge in [0.1, 0.15) is 12.7 Å². The van der Waals surface area contributed by atoms with Crippen molar-refractivity contribution in [3.05, 3.63) is 46.7 Å². The van der Waals surface area contributed by atoms with Crippen molar-refractivity contribution in [3.8, 4) is 11.5 Å². The van der Waals surface area contributed by atoms with Crippen molar-refractivity contribution in [2.75, 3.05) is 39.8 Å². The van der Waals surface area contributed by atoms with Gasteiger partial charge in [0, 0.05) is 31.6 Å². The normalized spacial score (nSPS) is 21.6. The minimum absolute atomic E-state index is 0. The first-order chi connectivity index (χ1) is 14.3. The van der Waals surface area contributed by atoms with Gasteiger partial charge in [-0.15, -0.1) is 35.3 Å². The minimum atomic E-state index is -0.0283. The number of benzene rings is 1. The van der Waals surface area contributed by atoms with Crippen LogP contribution in [0.15, 0.2) is 46.8 Å². The Morgan fingerprint density at radius 1 is 1.17 bits per heavy atom. The molecule has 0 bridgehead atoms. The highest BCUT2D eigenvalue weighted by molar-refractivity contribution is 14.0. The fourth-order valence-electron chi connectivity index (χ4n) is 3.92. The van der Waals surface area contributed by atoms with Crippen LogP contribution in [0.1, 0.15) is 17.7 Å². The zero-order valence-corrected chi connectivity index (χ0v) is 20.5. The number of nitrogens with zero attached hydrogens (tertiary/aromatic N) is 2. The Morgan fingerprint density at radius 2 is 2.00 bits per heavy atom. The number of aliphatic imine (C=N–C) groups is 1. The molecule has 0 saturated carbocycles. The molecule has 0 radical (unpaired) electrons. The molecule has 2 aliphatic rings. The summed E-state index contributed by atoms with van der Waals surface area (Å²) in [7, 11) is 1.81. The van der Waals surface area contributed by atoms with E-state index in [0.29, 0.717) is 19.1 Å². The molecule has 0 amide bonds. The molecule has 2 N–H and O–H groups in total. The molecule has 8 heteroatoms. The van der Waals surface area contributed by atoms with Crippen LogP contribution < -0.4 is 20.1 Å². The van der Waals surface area contributed by atoms with Crippen molar-refractivity contribution >= 4 is 41.3 Å². The lowest BCUT2D eigenvalue weighted by atomic mass is 9.98. The second-order valence-electron chi connectivity index (χ2n) is 7.65. The number of piperidine rings is 1. The summed E-state index contributed by atoms with van der Waals surface area (Å²) < 4.78 is 11.8. The number of likely N-dealkylation sites (tertiary alicyclic amines) is 1. The van der Waals surface area contributed by atoms with Gasteiger partial charge >= 0.3 is 0 Å². The molecule has 1 saturated heterocycles. The smallest absolute Gasteiger partial charge is 0.191 e. The number of guanidine groups is 1. The van der Waals surface area contributed by atoms with Crippen LogP contribution >= 0.6 is 35.3 Å². The highest BCUT2D eigenvalue weighted by atomic mass is 127. The molecule has 0 spiro atoms. The van der Waals surface area contributed by atoms with Crippen LogP contribution in [0.4, 0.5) is 0 Å². The van der Waals surface area contributed by atoms with Gasteiger partial charge in [0.25, 0.3) is 0 Å². The lowest BCUT2D eigenvalue weighted by molar-refractivity contribution is 0.0935. The molecule has 30 heavy (non-hydrogen) atoms. The molecule has 164 valence electrons. The summed E-state index contributed by atoms with van der Waals surface area (Å²) >= 11 is 1.85. The first-order valence-corrected chi connectivity index (χ1v) is 11.3. The summed E-state index contributed by atoms with van der Waals surface area (Å²) in [6.07, 6.45) is 2.50. The summed E-state index contributed by atoms with van der Waals surface area (Å²) in [4.78, 5) is 8.39. The predicted octanol–water partition coefficient (Wildman–Crippen LogP) is 3.58. The van der Waals surface area contributed by atoms with E-state index < -0.39 is 0 Å². The van der Waals surface area contributed by atoms with Gasteiger partial charge in [-0.3, -0.25) is 9.89 Å². The van der Waals surface area contributed by atoms with Crippen LogP contribution in [0, 0.1) is 5.92 Å². The summed E-state index contributed by atoms with van der Waals surface area (Å²) in [5.41, 5.74) is 0. The van der Waals surface area contributed by atoms with Crippen molar-refractivity contribution in [1.82, 2.24) is 15.5 Å². The maximum absolute atomic E-state index is 6.01. The summed E-state index contributed by atoms with van der Waals surface area (Å²) in [5, 5.41) is 9.04. The molecule has 2 aromatic rings. The van der Waals surface area contributed by atoms with E-state index in [1.54, 1.807) is 0 Å². The predicted molar refractivity (Wildman–Crippen MR) is 133 cm³/mol. The zero-order valence-electron chi connectivity index (χ0n) is 17.4. The number of nitrogens with one attached hydrogen (secondary N) is 2. The monoisotopic (exact) mass is 542 g/mol. The van der Waals surface area contributed by atoms with Crippen LogP contribution in [0.5, 0.6) is 11.5 Å². The van der Waals surface area contributed by atoms with Gasteiger partial charge in [0.15, 0.2) is 17.5 Å². The Morgan fingerprint density at radius 3 is 2.80 bits per heavy atom. The molecule has 3 heterocycles. The first-order valence-electron chi connectivity index (χ1n) is 10.4. The number of hydrogen-bond acceptors (Lipinski definition) is 5. The third-order valence-corrected chi connectivity index (χ3v) is 6.27. The second-order valence-corrected chi connectivity index (χ2v) is 8.69. The van der Waals surface area contributed by atoms with Gasteiger partial charge in [-0.1, -0.05) is 18.2 Å². The summed E-state index contributed by atoms with van der Waals surface area (Å²) in [6, 6.07) is 12.2. The highest BCUT2D eigenvalue weighted by Crippen LogP contribution is 2.30. The molecule has 2 atom stereocenters. The molecular weight excluding hydrogens is 511 g/mol. The number of para-hydroxylation sites is 2. The third-order valence-electron chi connectivity index (χ3n) is 5.41. The van der Waals surface area contributed by atoms with Crippen molar-refractivity contribution in [1.29, 1.82) is 0 Å². The van der Waals surface area contributed by atoms with Crippen LogP contribution in [0.2, 0.25) is 0 Å². The average molecular weight is 542 g/mol. The van der Waals surface area contributed by atoms with Crippen molar-refractivity contribution in [2.24, 2.45) is 10.9 Å². The molecule has 1 aromatic heterocycles. The molecule has 6 nitrogen and oxygen atoms in total. The number of rotatable bonds is 6.